The zero-order valence-corrected chi connectivity index (χ0v) is 11.2. The summed E-state index contributed by atoms with van der Waals surface area (Å²) in [6.07, 6.45) is 0. The number of rotatable bonds is 3. The molecule has 100 valence electrons. The Morgan fingerprint density at radius 1 is 1.53 bits per heavy atom. The average molecular weight is 283 g/mol. The fourth-order valence-corrected chi connectivity index (χ4v) is 1.77. The maximum atomic E-state index is 13.6. The molecule has 1 amide bonds. The summed E-state index contributed by atoms with van der Waals surface area (Å²) in [5.41, 5.74) is -0.0286. The normalized spacial score (nSPS) is 10.5. The van der Waals surface area contributed by atoms with Gasteiger partial charge in [-0.15, -0.1) is 0 Å². The molecule has 2 aromatic rings. The number of aromatic nitrogens is 3. The van der Waals surface area contributed by atoms with E-state index in [0.29, 0.717) is 11.6 Å². The SMILES string of the molecule is Cc1nc(CN(C)C(=O)c2ccc(Cl)cc2F)n[nH]1. The Kier molecular flexibility index (Phi) is 3.80. The second kappa shape index (κ2) is 5.36. The van der Waals surface area contributed by atoms with Gasteiger partial charge in [-0.1, -0.05) is 11.6 Å². The van der Waals surface area contributed by atoms with Crippen molar-refractivity contribution in [1.82, 2.24) is 20.1 Å². The minimum absolute atomic E-state index is 0.0286. The van der Waals surface area contributed by atoms with Gasteiger partial charge in [0.1, 0.15) is 11.6 Å². The second-order valence-corrected chi connectivity index (χ2v) is 4.56. The van der Waals surface area contributed by atoms with E-state index in [1.807, 2.05) is 0 Å². The lowest BCUT2D eigenvalue weighted by atomic mass is 10.2. The molecule has 0 bridgehead atoms. The van der Waals surface area contributed by atoms with Crippen molar-refractivity contribution in [2.24, 2.45) is 0 Å². The van der Waals surface area contributed by atoms with Crippen molar-refractivity contribution in [1.29, 1.82) is 0 Å². The highest BCUT2D eigenvalue weighted by Gasteiger charge is 2.17. The molecule has 1 aromatic carbocycles. The summed E-state index contributed by atoms with van der Waals surface area (Å²) >= 11 is 5.64. The van der Waals surface area contributed by atoms with E-state index in [0.717, 1.165) is 6.07 Å². The molecule has 1 aromatic heterocycles. The fraction of sp³-hybridized carbons (Fsp3) is 0.250. The van der Waals surface area contributed by atoms with Gasteiger partial charge in [-0.2, -0.15) is 5.10 Å². The molecule has 1 N–H and O–H groups in total. The number of carbonyl (C=O) groups is 1. The van der Waals surface area contributed by atoms with Gasteiger partial charge in [0.05, 0.1) is 12.1 Å². The lowest BCUT2D eigenvalue weighted by molar-refractivity contribution is 0.0777. The largest absolute Gasteiger partial charge is 0.334 e. The standard InChI is InChI=1S/C12H12ClFN4O/c1-7-15-11(17-16-7)6-18(2)12(19)9-4-3-8(13)5-10(9)14/h3-5H,6H2,1-2H3,(H,15,16,17). The number of carbonyl (C=O) groups excluding carboxylic acids is 1. The third-order valence-corrected chi connectivity index (χ3v) is 2.77. The van der Waals surface area contributed by atoms with Gasteiger partial charge in [0.25, 0.3) is 5.91 Å². The molecule has 0 fully saturated rings. The molecule has 5 nitrogen and oxygen atoms in total. The van der Waals surface area contributed by atoms with Crippen LogP contribution >= 0.6 is 11.6 Å². The van der Waals surface area contributed by atoms with E-state index in [9.17, 15) is 9.18 Å². The van der Waals surface area contributed by atoms with Crippen LogP contribution in [0.3, 0.4) is 0 Å². The molecular formula is C12H12ClFN4O. The summed E-state index contributed by atoms with van der Waals surface area (Å²) in [6, 6.07) is 3.95. The number of nitrogens with one attached hydrogen (secondary N) is 1. The number of halogens is 2. The van der Waals surface area contributed by atoms with Crippen LogP contribution in [0.5, 0.6) is 0 Å². The number of benzene rings is 1. The fourth-order valence-electron chi connectivity index (χ4n) is 1.61. The van der Waals surface area contributed by atoms with E-state index in [-0.39, 0.29) is 17.1 Å². The molecule has 0 aliphatic heterocycles. The first-order valence-corrected chi connectivity index (χ1v) is 5.93. The van der Waals surface area contributed by atoms with Crippen LogP contribution in [-0.4, -0.2) is 33.0 Å². The molecule has 1 heterocycles. The van der Waals surface area contributed by atoms with Crippen molar-refractivity contribution in [3.05, 3.63) is 46.3 Å². The Labute approximate surface area is 114 Å². The van der Waals surface area contributed by atoms with E-state index >= 15 is 0 Å². The molecule has 0 radical (unpaired) electrons. The van der Waals surface area contributed by atoms with Crippen LogP contribution in [0.15, 0.2) is 18.2 Å². The number of aryl methyl sites for hydroxylation is 1. The van der Waals surface area contributed by atoms with Crippen molar-refractivity contribution in [2.45, 2.75) is 13.5 Å². The van der Waals surface area contributed by atoms with Crippen molar-refractivity contribution < 1.29 is 9.18 Å². The Balaban J connectivity index is 2.14. The summed E-state index contributed by atoms with van der Waals surface area (Å²) in [7, 11) is 1.56. The first kappa shape index (κ1) is 13.5. The maximum Gasteiger partial charge on any atom is 0.256 e. The summed E-state index contributed by atoms with van der Waals surface area (Å²) in [5, 5.41) is 6.86. The van der Waals surface area contributed by atoms with E-state index in [2.05, 4.69) is 15.2 Å². The highest BCUT2D eigenvalue weighted by atomic mass is 35.5. The Morgan fingerprint density at radius 2 is 2.26 bits per heavy atom. The van der Waals surface area contributed by atoms with Crippen LogP contribution in [0.1, 0.15) is 22.0 Å². The van der Waals surface area contributed by atoms with Crippen LogP contribution in [0.4, 0.5) is 4.39 Å². The Morgan fingerprint density at radius 3 is 2.84 bits per heavy atom. The van der Waals surface area contributed by atoms with E-state index in [1.54, 1.807) is 14.0 Å². The topological polar surface area (TPSA) is 61.9 Å². The highest BCUT2D eigenvalue weighted by Crippen LogP contribution is 2.16. The number of aromatic amines is 1. The summed E-state index contributed by atoms with van der Waals surface area (Å²) < 4.78 is 13.6. The lowest BCUT2D eigenvalue weighted by Crippen LogP contribution is -2.27. The Hall–Kier alpha value is -1.95. The molecule has 0 atom stereocenters. The average Bonchev–Trinajstić information content (AvgIpc) is 2.74. The number of H-pyrrole nitrogens is 1. The lowest BCUT2D eigenvalue weighted by Gasteiger charge is -2.15. The van der Waals surface area contributed by atoms with Crippen molar-refractivity contribution in [3.63, 3.8) is 0 Å². The minimum atomic E-state index is -0.643. The van der Waals surface area contributed by atoms with E-state index in [1.165, 1.54) is 17.0 Å². The van der Waals surface area contributed by atoms with Crippen LogP contribution < -0.4 is 0 Å². The van der Waals surface area contributed by atoms with Gasteiger partial charge in [0.15, 0.2) is 5.82 Å². The van der Waals surface area contributed by atoms with Gasteiger partial charge < -0.3 is 4.90 Å². The first-order chi connectivity index (χ1) is 8.97. The van der Waals surface area contributed by atoms with Gasteiger partial charge >= 0.3 is 0 Å². The predicted molar refractivity (Wildman–Crippen MR) is 68.3 cm³/mol. The van der Waals surface area contributed by atoms with Crippen molar-refractivity contribution in [2.75, 3.05) is 7.05 Å². The summed E-state index contributed by atoms with van der Waals surface area (Å²) in [6.45, 7) is 1.96. The maximum absolute atomic E-state index is 13.6. The van der Waals surface area contributed by atoms with E-state index < -0.39 is 11.7 Å². The third-order valence-electron chi connectivity index (χ3n) is 2.53. The highest BCUT2D eigenvalue weighted by molar-refractivity contribution is 6.30. The zero-order chi connectivity index (χ0) is 14.0. The molecule has 0 spiro atoms. The summed E-state index contributed by atoms with van der Waals surface area (Å²) in [5.74, 6) is 0.0448. The third kappa shape index (κ3) is 3.08. The predicted octanol–water partition coefficient (Wildman–Crippen LogP) is 2.18. The first-order valence-electron chi connectivity index (χ1n) is 5.56. The molecule has 0 aliphatic rings. The zero-order valence-electron chi connectivity index (χ0n) is 10.4. The molecule has 2 rings (SSSR count). The second-order valence-electron chi connectivity index (χ2n) is 4.12. The number of hydrogen-bond acceptors (Lipinski definition) is 3. The van der Waals surface area contributed by atoms with Gasteiger partial charge in [-0.05, 0) is 25.1 Å². The molecule has 7 heteroatoms. The molecule has 0 saturated carbocycles. The van der Waals surface area contributed by atoms with Gasteiger partial charge in [0, 0.05) is 12.1 Å². The van der Waals surface area contributed by atoms with Crippen LogP contribution in [0.25, 0.3) is 0 Å². The number of amides is 1. The van der Waals surface area contributed by atoms with Crippen LogP contribution in [0.2, 0.25) is 5.02 Å². The molecule has 0 aliphatic carbocycles. The van der Waals surface area contributed by atoms with Crippen LogP contribution in [-0.2, 0) is 6.54 Å². The van der Waals surface area contributed by atoms with Crippen molar-refractivity contribution >= 4 is 17.5 Å². The Bertz CT molecular complexity index is 614. The molecule has 0 unspecified atom stereocenters. The van der Waals surface area contributed by atoms with E-state index in [4.69, 9.17) is 11.6 Å². The number of nitrogens with zero attached hydrogens (tertiary/aromatic N) is 3. The molecule has 0 saturated heterocycles. The van der Waals surface area contributed by atoms with Crippen molar-refractivity contribution in [3.8, 4) is 0 Å². The number of hydrogen-bond donors (Lipinski definition) is 1. The van der Waals surface area contributed by atoms with Gasteiger partial charge in [-0.3, -0.25) is 9.89 Å². The van der Waals surface area contributed by atoms with Crippen LogP contribution in [0, 0.1) is 12.7 Å². The smallest absolute Gasteiger partial charge is 0.256 e. The molecule has 19 heavy (non-hydrogen) atoms. The van der Waals surface area contributed by atoms with Gasteiger partial charge in [0.2, 0.25) is 0 Å². The summed E-state index contributed by atoms with van der Waals surface area (Å²) in [4.78, 5) is 17.5. The quantitative estimate of drug-likeness (QED) is 0.938. The van der Waals surface area contributed by atoms with Gasteiger partial charge in [-0.25, -0.2) is 9.37 Å². The monoisotopic (exact) mass is 282 g/mol. The molecular weight excluding hydrogens is 271 g/mol. The minimum Gasteiger partial charge on any atom is -0.334 e.